The summed E-state index contributed by atoms with van der Waals surface area (Å²) in [6.45, 7) is 3.35. The van der Waals surface area contributed by atoms with Gasteiger partial charge in [0.1, 0.15) is 0 Å². The second-order valence-corrected chi connectivity index (χ2v) is 12.0. The molecule has 146 valence electrons. The quantitative estimate of drug-likeness (QED) is 0.798. The number of benzene rings is 2. The van der Waals surface area contributed by atoms with Crippen molar-refractivity contribution in [1.82, 2.24) is 4.72 Å². The van der Waals surface area contributed by atoms with Crippen LogP contribution in [0.5, 0.6) is 0 Å². The van der Waals surface area contributed by atoms with Gasteiger partial charge in [-0.1, -0.05) is 42.5 Å². The fraction of sp³-hybridized carbons (Fsp3) is 0.400. The number of sulfone groups is 1. The average Bonchev–Trinajstić information content (AvgIpc) is 2.93. The predicted octanol–water partition coefficient (Wildman–Crippen LogP) is 2.69. The normalized spacial score (nSPS) is 17.3. The van der Waals surface area contributed by atoms with Crippen LogP contribution in [-0.4, -0.2) is 34.4 Å². The Labute approximate surface area is 161 Å². The zero-order valence-electron chi connectivity index (χ0n) is 15.8. The minimum absolute atomic E-state index is 0.0187. The van der Waals surface area contributed by atoms with Crippen LogP contribution in [0, 0.1) is 0 Å². The first-order chi connectivity index (χ1) is 12.5. The number of rotatable bonds is 6. The molecular weight excluding hydrogens is 382 g/mol. The van der Waals surface area contributed by atoms with Gasteiger partial charge < -0.3 is 0 Å². The number of hydrogen-bond donors (Lipinski definition) is 1. The van der Waals surface area contributed by atoms with E-state index in [2.05, 4.69) is 10.8 Å². The molecule has 27 heavy (non-hydrogen) atoms. The van der Waals surface area contributed by atoms with Crippen molar-refractivity contribution in [3.8, 4) is 11.1 Å². The molecule has 0 fully saturated rings. The molecule has 0 bridgehead atoms. The number of nitrogens with one attached hydrogen (secondary N) is 1. The Morgan fingerprint density at radius 1 is 0.963 bits per heavy atom. The number of sulfonamides is 1. The highest BCUT2D eigenvalue weighted by molar-refractivity contribution is 7.90. The Kier molecular flexibility index (Phi) is 5.47. The van der Waals surface area contributed by atoms with Crippen LogP contribution in [0.25, 0.3) is 11.1 Å². The van der Waals surface area contributed by atoms with E-state index in [1.807, 2.05) is 36.4 Å². The Hall–Kier alpha value is -1.70. The van der Waals surface area contributed by atoms with Crippen LogP contribution in [0.3, 0.4) is 0 Å². The lowest BCUT2D eigenvalue weighted by atomic mass is 9.99. The van der Waals surface area contributed by atoms with Gasteiger partial charge in [0.25, 0.3) is 0 Å². The van der Waals surface area contributed by atoms with Crippen molar-refractivity contribution in [3.63, 3.8) is 0 Å². The predicted molar refractivity (Wildman–Crippen MR) is 109 cm³/mol. The zero-order valence-corrected chi connectivity index (χ0v) is 17.4. The summed E-state index contributed by atoms with van der Waals surface area (Å²) in [6, 6.07) is 13.6. The Morgan fingerprint density at radius 2 is 1.63 bits per heavy atom. The highest BCUT2D eigenvalue weighted by Gasteiger charge is 2.27. The molecular formula is C20H25NO4S2. The Bertz CT molecular complexity index is 1060. The SMILES string of the molecule is CC(C)S(=O)(=O)NC1Cc2ccc(-c3cccc(CS(C)(=O)=O)c3)cc2C1. The maximum atomic E-state index is 12.1. The van der Waals surface area contributed by atoms with Crippen LogP contribution in [0.15, 0.2) is 42.5 Å². The molecule has 3 rings (SSSR count). The first kappa shape index (κ1) is 20.0. The maximum Gasteiger partial charge on any atom is 0.214 e. The molecule has 1 N–H and O–H groups in total. The summed E-state index contributed by atoms with van der Waals surface area (Å²) in [5.41, 5.74) is 5.03. The first-order valence-corrected chi connectivity index (χ1v) is 12.5. The van der Waals surface area contributed by atoms with Crippen LogP contribution in [0.2, 0.25) is 0 Å². The molecule has 2 aromatic rings. The third-order valence-corrected chi connectivity index (χ3v) is 7.54. The highest BCUT2D eigenvalue weighted by atomic mass is 32.2. The topological polar surface area (TPSA) is 80.3 Å². The molecule has 2 aromatic carbocycles. The Morgan fingerprint density at radius 3 is 2.30 bits per heavy atom. The summed E-state index contributed by atoms with van der Waals surface area (Å²) in [5.74, 6) is 0.0187. The van der Waals surface area contributed by atoms with E-state index >= 15 is 0 Å². The fourth-order valence-electron chi connectivity index (χ4n) is 3.39. The van der Waals surface area contributed by atoms with Crippen LogP contribution in [0.4, 0.5) is 0 Å². The summed E-state index contributed by atoms with van der Waals surface area (Å²) in [6.07, 6.45) is 2.58. The van der Waals surface area contributed by atoms with E-state index in [0.717, 1.165) is 27.8 Å². The third kappa shape index (κ3) is 4.97. The largest absolute Gasteiger partial charge is 0.229 e. The molecule has 0 saturated heterocycles. The van der Waals surface area contributed by atoms with Crippen molar-refractivity contribution in [2.24, 2.45) is 0 Å². The zero-order chi connectivity index (χ0) is 19.8. The van der Waals surface area contributed by atoms with Crippen molar-refractivity contribution in [2.75, 3.05) is 6.26 Å². The van der Waals surface area contributed by atoms with Crippen LogP contribution < -0.4 is 4.72 Å². The lowest BCUT2D eigenvalue weighted by Crippen LogP contribution is -2.39. The molecule has 1 atom stereocenters. The standard InChI is InChI=1S/C20H25NO4S2/c1-14(2)27(24,25)21-20-11-18-8-7-17(10-19(18)12-20)16-6-4-5-15(9-16)13-26(3,22)23/h4-10,14,20-21H,11-13H2,1-3H3. The third-order valence-electron chi connectivity index (χ3n) is 4.78. The molecule has 0 heterocycles. The van der Waals surface area contributed by atoms with Crippen LogP contribution >= 0.6 is 0 Å². The number of fused-ring (bicyclic) bond motifs is 1. The summed E-state index contributed by atoms with van der Waals surface area (Å²) < 4.78 is 50.1. The van der Waals surface area contributed by atoms with Crippen molar-refractivity contribution in [1.29, 1.82) is 0 Å². The lowest BCUT2D eigenvalue weighted by molar-refractivity contribution is 0.547. The van der Waals surface area contributed by atoms with E-state index in [4.69, 9.17) is 0 Å². The van der Waals surface area contributed by atoms with Gasteiger partial charge in [0.05, 0.1) is 11.0 Å². The maximum absolute atomic E-state index is 12.1. The molecule has 0 aromatic heterocycles. The molecule has 1 aliphatic rings. The minimum Gasteiger partial charge on any atom is -0.229 e. The van der Waals surface area contributed by atoms with Crippen molar-refractivity contribution < 1.29 is 16.8 Å². The molecule has 0 radical (unpaired) electrons. The summed E-state index contributed by atoms with van der Waals surface area (Å²) >= 11 is 0. The smallest absolute Gasteiger partial charge is 0.214 e. The van der Waals surface area contributed by atoms with Gasteiger partial charge in [-0.3, -0.25) is 0 Å². The molecule has 0 saturated carbocycles. The van der Waals surface area contributed by atoms with E-state index in [0.29, 0.717) is 12.8 Å². The molecule has 1 aliphatic carbocycles. The van der Waals surface area contributed by atoms with E-state index in [-0.39, 0.29) is 11.8 Å². The van der Waals surface area contributed by atoms with Gasteiger partial charge in [-0.25, -0.2) is 21.6 Å². The van der Waals surface area contributed by atoms with Gasteiger partial charge in [-0.15, -0.1) is 0 Å². The Balaban J connectivity index is 1.81. The summed E-state index contributed by atoms with van der Waals surface area (Å²) in [4.78, 5) is 0. The van der Waals surface area contributed by atoms with E-state index in [9.17, 15) is 16.8 Å². The molecule has 5 nitrogen and oxygen atoms in total. The van der Waals surface area contributed by atoms with E-state index < -0.39 is 25.1 Å². The van der Waals surface area contributed by atoms with Gasteiger partial charge in [0.15, 0.2) is 9.84 Å². The van der Waals surface area contributed by atoms with Gasteiger partial charge in [-0.05, 0) is 54.5 Å². The molecule has 1 unspecified atom stereocenters. The summed E-state index contributed by atoms with van der Waals surface area (Å²) in [7, 11) is -6.37. The second-order valence-electron chi connectivity index (χ2n) is 7.57. The van der Waals surface area contributed by atoms with Gasteiger partial charge in [0.2, 0.25) is 10.0 Å². The van der Waals surface area contributed by atoms with Crippen LogP contribution in [0.1, 0.15) is 30.5 Å². The molecule has 0 aliphatic heterocycles. The van der Waals surface area contributed by atoms with E-state index in [1.54, 1.807) is 13.8 Å². The average molecular weight is 408 g/mol. The number of hydrogen-bond acceptors (Lipinski definition) is 4. The molecule has 0 amide bonds. The monoisotopic (exact) mass is 407 g/mol. The minimum atomic E-state index is -3.29. The van der Waals surface area contributed by atoms with E-state index in [1.165, 1.54) is 6.26 Å². The van der Waals surface area contributed by atoms with Crippen molar-refractivity contribution >= 4 is 19.9 Å². The highest BCUT2D eigenvalue weighted by Crippen LogP contribution is 2.29. The molecule has 7 heteroatoms. The first-order valence-electron chi connectivity index (χ1n) is 8.93. The van der Waals surface area contributed by atoms with Crippen LogP contribution in [-0.2, 0) is 38.5 Å². The lowest BCUT2D eigenvalue weighted by Gasteiger charge is -2.14. The van der Waals surface area contributed by atoms with Gasteiger partial charge in [0, 0.05) is 12.3 Å². The van der Waals surface area contributed by atoms with Gasteiger partial charge in [-0.2, -0.15) is 0 Å². The second kappa shape index (κ2) is 7.37. The molecule has 0 spiro atoms. The fourth-order valence-corrected chi connectivity index (χ4v) is 5.08. The van der Waals surface area contributed by atoms with Gasteiger partial charge >= 0.3 is 0 Å². The summed E-state index contributed by atoms with van der Waals surface area (Å²) in [5, 5.41) is -0.450. The van der Waals surface area contributed by atoms with Crippen molar-refractivity contribution in [3.05, 3.63) is 59.2 Å². The van der Waals surface area contributed by atoms with Crippen molar-refractivity contribution in [2.45, 2.75) is 43.7 Å².